The Bertz CT molecular complexity index is 867. The first kappa shape index (κ1) is 18.2. The van der Waals surface area contributed by atoms with Crippen molar-refractivity contribution < 1.29 is 27.4 Å². The fraction of sp³-hybridized carbons (Fsp3) is 0.278. The molecular formula is C18H19NO6S. The molecule has 0 bridgehead atoms. The Kier molecular flexibility index (Phi) is 5.75. The monoisotopic (exact) mass is 377 g/mol. The second-order valence-electron chi connectivity index (χ2n) is 5.63. The molecule has 0 radical (unpaired) electrons. The summed E-state index contributed by atoms with van der Waals surface area (Å²) in [7, 11) is -3.87. The van der Waals surface area contributed by atoms with E-state index in [0.717, 1.165) is 12.0 Å². The van der Waals surface area contributed by atoms with Crippen molar-refractivity contribution in [1.82, 2.24) is 4.72 Å². The number of sulfonamides is 1. The lowest BCUT2D eigenvalue weighted by atomic mass is 10.2. The van der Waals surface area contributed by atoms with Crippen LogP contribution in [0.15, 0.2) is 53.4 Å². The lowest BCUT2D eigenvalue weighted by molar-refractivity contribution is -0.143. The van der Waals surface area contributed by atoms with E-state index >= 15 is 0 Å². The van der Waals surface area contributed by atoms with E-state index < -0.39 is 22.5 Å². The quantitative estimate of drug-likeness (QED) is 0.773. The topological polar surface area (TPSA) is 90.9 Å². The Morgan fingerprint density at radius 2 is 1.77 bits per heavy atom. The van der Waals surface area contributed by atoms with Gasteiger partial charge in [-0.05, 0) is 17.7 Å². The van der Waals surface area contributed by atoms with Gasteiger partial charge in [0.1, 0.15) is 13.2 Å². The van der Waals surface area contributed by atoms with Gasteiger partial charge in [-0.25, -0.2) is 8.42 Å². The highest BCUT2D eigenvalue weighted by Gasteiger charge is 2.20. The lowest BCUT2D eigenvalue weighted by Crippen LogP contribution is -2.30. The zero-order chi connectivity index (χ0) is 18.4. The summed E-state index contributed by atoms with van der Waals surface area (Å²) in [5.41, 5.74) is 0.826. The first-order valence-corrected chi connectivity index (χ1v) is 9.62. The van der Waals surface area contributed by atoms with Crippen molar-refractivity contribution in [3.63, 3.8) is 0 Å². The smallest absolute Gasteiger partial charge is 0.321 e. The molecule has 7 nitrogen and oxygen atoms in total. The molecule has 0 aromatic heterocycles. The maximum atomic E-state index is 12.4. The molecule has 3 rings (SSSR count). The number of carbonyl (C=O) groups is 1. The van der Waals surface area contributed by atoms with Gasteiger partial charge in [0, 0.05) is 12.5 Å². The van der Waals surface area contributed by atoms with Crippen molar-refractivity contribution in [2.24, 2.45) is 0 Å². The normalized spacial score (nSPS) is 13.7. The summed E-state index contributed by atoms with van der Waals surface area (Å²) in [6.07, 6.45) is 0.724. The van der Waals surface area contributed by atoms with E-state index in [4.69, 9.17) is 14.2 Å². The third kappa shape index (κ3) is 4.74. The molecule has 0 atom stereocenters. The second kappa shape index (κ2) is 8.20. The molecule has 1 aliphatic heterocycles. The van der Waals surface area contributed by atoms with Gasteiger partial charge in [-0.15, -0.1) is 0 Å². The van der Waals surface area contributed by atoms with Gasteiger partial charge in [-0.3, -0.25) is 4.79 Å². The van der Waals surface area contributed by atoms with Gasteiger partial charge >= 0.3 is 5.97 Å². The first-order valence-electron chi connectivity index (χ1n) is 8.13. The van der Waals surface area contributed by atoms with E-state index in [2.05, 4.69) is 4.72 Å². The van der Waals surface area contributed by atoms with Crippen LogP contribution in [0.25, 0.3) is 0 Å². The summed E-state index contributed by atoms with van der Waals surface area (Å²) in [6.45, 7) is 0.607. The second-order valence-corrected chi connectivity index (χ2v) is 7.40. The number of nitrogens with one attached hydrogen (secondary N) is 1. The summed E-state index contributed by atoms with van der Waals surface area (Å²) in [5.74, 6) is 0.215. The minimum Gasteiger partial charge on any atom is -0.490 e. The SMILES string of the molecule is O=C(CNS(=O)(=O)c1ccc2c(c1)OCCCO2)OCc1ccccc1. The van der Waals surface area contributed by atoms with Crippen molar-refractivity contribution in [1.29, 1.82) is 0 Å². The third-order valence-corrected chi connectivity index (χ3v) is 5.08. The lowest BCUT2D eigenvalue weighted by Gasteiger charge is -2.11. The summed E-state index contributed by atoms with van der Waals surface area (Å²) < 4.78 is 43.0. The molecule has 2 aromatic carbocycles. The van der Waals surface area contributed by atoms with Crippen LogP contribution in [0.3, 0.4) is 0 Å². The zero-order valence-corrected chi connectivity index (χ0v) is 14.8. The highest BCUT2D eigenvalue weighted by atomic mass is 32.2. The van der Waals surface area contributed by atoms with Crippen LogP contribution in [-0.2, 0) is 26.2 Å². The van der Waals surface area contributed by atoms with Gasteiger partial charge in [-0.1, -0.05) is 30.3 Å². The largest absolute Gasteiger partial charge is 0.490 e. The molecule has 0 unspecified atom stereocenters. The van der Waals surface area contributed by atoms with E-state index in [1.165, 1.54) is 12.1 Å². The number of esters is 1. The predicted molar refractivity (Wildman–Crippen MR) is 93.5 cm³/mol. The molecule has 1 heterocycles. The number of hydrogen-bond acceptors (Lipinski definition) is 6. The Hall–Kier alpha value is -2.58. The summed E-state index contributed by atoms with van der Waals surface area (Å²) in [5, 5.41) is 0. The molecule has 8 heteroatoms. The molecule has 138 valence electrons. The summed E-state index contributed by atoms with van der Waals surface area (Å²) >= 11 is 0. The summed E-state index contributed by atoms with van der Waals surface area (Å²) in [6, 6.07) is 13.5. The Labute approximate surface area is 151 Å². The first-order chi connectivity index (χ1) is 12.5. The number of hydrogen-bond donors (Lipinski definition) is 1. The van der Waals surface area contributed by atoms with Gasteiger partial charge < -0.3 is 14.2 Å². The predicted octanol–water partition coefficient (Wildman–Crippen LogP) is 1.87. The highest BCUT2D eigenvalue weighted by Crippen LogP contribution is 2.31. The zero-order valence-electron chi connectivity index (χ0n) is 14.0. The number of rotatable bonds is 6. The van der Waals surface area contributed by atoms with E-state index in [0.29, 0.717) is 24.7 Å². The van der Waals surface area contributed by atoms with Crippen LogP contribution < -0.4 is 14.2 Å². The Balaban J connectivity index is 1.58. The molecular weight excluding hydrogens is 358 g/mol. The molecule has 0 spiro atoms. The van der Waals surface area contributed by atoms with E-state index in [1.54, 1.807) is 6.07 Å². The molecule has 0 saturated carbocycles. The van der Waals surface area contributed by atoms with E-state index in [-0.39, 0.29) is 11.5 Å². The number of ether oxygens (including phenoxy) is 3. The van der Waals surface area contributed by atoms with Crippen LogP contribution in [0.1, 0.15) is 12.0 Å². The number of fused-ring (bicyclic) bond motifs is 1. The van der Waals surface area contributed by atoms with Crippen LogP contribution in [0.4, 0.5) is 0 Å². The maximum absolute atomic E-state index is 12.4. The van der Waals surface area contributed by atoms with Crippen molar-refractivity contribution in [3.8, 4) is 11.5 Å². The molecule has 1 N–H and O–H groups in total. The molecule has 1 aliphatic rings. The minimum absolute atomic E-state index is 0.00221. The van der Waals surface area contributed by atoms with Crippen LogP contribution in [-0.4, -0.2) is 34.1 Å². The molecule has 0 aliphatic carbocycles. The van der Waals surface area contributed by atoms with Crippen molar-refractivity contribution in [2.75, 3.05) is 19.8 Å². The van der Waals surface area contributed by atoms with Gasteiger partial charge in [0.25, 0.3) is 0 Å². The average molecular weight is 377 g/mol. The molecule has 0 saturated heterocycles. The van der Waals surface area contributed by atoms with Gasteiger partial charge in [0.05, 0.1) is 18.1 Å². The maximum Gasteiger partial charge on any atom is 0.321 e. The fourth-order valence-electron chi connectivity index (χ4n) is 2.34. The third-order valence-electron chi connectivity index (χ3n) is 3.68. The van der Waals surface area contributed by atoms with Gasteiger partial charge in [0.2, 0.25) is 10.0 Å². The van der Waals surface area contributed by atoms with Crippen molar-refractivity contribution in [2.45, 2.75) is 17.9 Å². The van der Waals surface area contributed by atoms with Crippen molar-refractivity contribution in [3.05, 3.63) is 54.1 Å². The number of carbonyl (C=O) groups excluding carboxylic acids is 1. The van der Waals surface area contributed by atoms with Crippen molar-refractivity contribution >= 4 is 16.0 Å². The van der Waals surface area contributed by atoms with Gasteiger partial charge in [0.15, 0.2) is 11.5 Å². The molecule has 2 aromatic rings. The van der Waals surface area contributed by atoms with Crippen LogP contribution >= 0.6 is 0 Å². The van der Waals surface area contributed by atoms with Crippen LogP contribution in [0.5, 0.6) is 11.5 Å². The van der Waals surface area contributed by atoms with Gasteiger partial charge in [-0.2, -0.15) is 4.72 Å². The average Bonchev–Trinajstić information content (AvgIpc) is 2.90. The molecule has 0 amide bonds. The minimum atomic E-state index is -3.87. The Morgan fingerprint density at radius 3 is 2.54 bits per heavy atom. The van der Waals surface area contributed by atoms with Crippen LogP contribution in [0.2, 0.25) is 0 Å². The van der Waals surface area contributed by atoms with E-state index in [1.807, 2.05) is 30.3 Å². The highest BCUT2D eigenvalue weighted by molar-refractivity contribution is 7.89. The van der Waals surface area contributed by atoms with E-state index in [9.17, 15) is 13.2 Å². The summed E-state index contributed by atoms with van der Waals surface area (Å²) in [4.78, 5) is 11.8. The van der Waals surface area contributed by atoms with Crippen LogP contribution in [0, 0.1) is 0 Å². The Morgan fingerprint density at radius 1 is 1.04 bits per heavy atom. The molecule has 26 heavy (non-hydrogen) atoms. The fourth-order valence-corrected chi connectivity index (χ4v) is 3.32. The number of benzene rings is 2. The molecule has 0 fully saturated rings. The standard InChI is InChI=1S/C18H19NO6S/c20-18(25-13-14-5-2-1-3-6-14)12-19-26(21,22)15-7-8-16-17(11-15)24-10-4-9-23-16/h1-3,5-8,11,19H,4,9-10,12-13H2.